The average Bonchev–Trinajstić information content (AvgIpc) is 2.65. The summed E-state index contributed by atoms with van der Waals surface area (Å²) in [5.74, 6) is 2.23. The fraction of sp³-hybridized carbons (Fsp3) is 0.158. The van der Waals surface area contributed by atoms with Crippen molar-refractivity contribution in [2.45, 2.75) is 6.92 Å². The molecule has 0 radical (unpaired) electrons. The van der Waals surface area contributed by atoms with Gasteiger partial charge < -0.3 is 20.1 Å². The van der Waals surface area contributed by atoms with Crippen LogP contribution in [0.3, 0.4) is 0 Å². The zero-order chi connectivity index (χ0) is 18.5. The zero-order valence-corrected chi connectivity index (χ0v) is 15.5. The van der Waals surface area contributed by atoms with Gasteiger partial charge in [-0.25, -0.2) is 4.98 Å². The number of methoxy groups -OCH3 is 2. The molecule has 0 fully saturated rings. The quantitative estimate of drug-likeness (QED) is 0.640. The third-order valence-corrected chi connectivity index (χ3v) is 4.08. The van der Waals surface area contributed by atoms with Gasteiger partial charge in [-0.15, -0.1) is 0 Å². The molecule has 7 heteroatoms. The van der Waals surface area contributed by atoms with Crippen molar-refractivity contribution < 1.29 is 9.47 Å². The van der Waals surface area contributed by atoms with Crippen molar-refractivity contribution in [3.05, 3.63) is 59.2 Å². The molecule has 0 aliphatic heterocycles. The second kappa shape index (κ2) is 7.93. The minimum absolute atomic E-state index is 0.472. The summed E-state index contributed by atoms with van der Waals surface area (Å²) < 4.78 is 10.6. The van der Waals surface area contributed by atoms with Gasteiger partial charge >= 0.3 is 0 Å². The summed E-state index contributed by atoms with van der Waals surface area (Å²) in [5, 5.41) is 6.90. The minimum atomic E-state index is 0.472. The Labute approximate surface area is 157 Å². The standard InChI is InChI=1S/C19H19ClN4O2/c1-12-6-4-5-7-14(12)23-19-21-9-8-18(24-19)22-15-11-16(25-2)13(20)10-17(15)26-3/h4-11H,1-3H3,(H2,21,22,23,24). The largest absolute Gasteiger partial charge is 0.495 e. The van der Waals surface area contributed by atoms with E-state index in [0.29, 0.717) is 34.0 Å². The van der Waals surface area contributed by atoms with Crippen LogP contribution in [0.15, 0.2) is 48.7 Å². The molecule has 0 saturated heterocycles. The summed E-state index contributed by atoms with van der Waals surface area (Å²) in [6, 6.07) is 13.2. The number of nitrogens with zero attached hydrogens (tertiary/aromatic N) is 2. The van der Waals surface area contributed by atoms with Crippen LogP contribution in [-0.4, -0.2) is 24.2 Å². The van der Waals surface area contributed by atoms with E-state index in [2.05, 4.69) is 20.6 Å². The summed E-state index contributed by atoms with van der Waals surface area (Å²) in [5.41, 5.74) is 2.75. The van der Waals surface area contributed by atoms with Crippen LogP contribution < -0.4 is 20.1 Å². The number of nitrogens with one attached hydrogen (secondary N) is 2. The van der Waals surface area contributed by atoms with E-state index in [1.54, 1.807) is 38.6 Å². The lowest BCUT2D eigenvalue weighted by molar-refractivity contribution is 0.405. The first-order valence-electron chi connectivity index (χ1n) is 7.95. The molecule has 0 amide bonds. The maximum absolute atomic E-state index is 6.15. The smallest absolute Gasteiger partial charge is 0.229 e. The minimum Gasteiger partial charge on any atom is -0.495 e. The highest BCUT2D eigenvalue weighted by molar-refractivity contribution is 6.32. The number of anilines is 4. The first kappa shape index (κ1) is 17.8. The van der Waals surface area contributed by atoms with Crippen molar-refractivity contribution in [3.63, 3.8) is 0 Å². The SMILES string of the molecule is COc1cc(Nc2ccnc(Nc3ccccc3C)n2)c(OC)cc1Cl. The molecule has 0 unspecified atom stereocenters. The van der Waals surface area contributed by atoms with E-state index in [1.807, 2.05) is 31.2 Å². The zero-order valence-electron chi connectivity index (χ0n) is 14.7. The van der Waals surface area contributed by atoms with E-state index >= 15 is 0 Å². The van der Waals surface area contributed by atoms with Gasteiger partial charge in [0.1, 0.15) is 17.3 Å². The maximum atomic E-state index is 6.15. The number of halogens is 1. The molecule has 3 aromatic rings. The van der Waals surface area contributed by atoms with Crippen LogP contribution in [0, 0.1) is 6.92 Å². The fourth-order valence-corrected chi connectivity index (χ4v) is 2.65. The van der Waals surface area contributed by atoms with Gasteiger partial charge in [0, 0.05) is 24.0 Å². The molecular weight excluding hydrogens is 352 g/mol. The van der Waals surface area contributed by atoms with Gasteiger partial charge in [0.25, 0.3) is 0 Å². The molecule has 0 aliphatic carbocycles. The van der Waals surface area contributed by atoms with Crippen molar-refractivity contribution in [3.8, 4) is 11.5 Å². The lowest BCUT2D eigenvalue weighted by atomic mass is 10.2. The van der Waals surface area contributed by atoms with Gasteiger partial charge in [-0.1, -0.05) is 29.8 Å². The molecule has 0 saturated carbocycles. The number of benzene rings is 2. The molecule has 26 heavy (non-hydrogen) atoms. The Bertz CT molecular complexity index is 918. The second-order valence-corrected chi connectivity index (χ2v) is 5.92. The van der Waals surface area contributed by atoms with Crippen molar-refractivity contribution in [1.29, 1.82) is 0 Å². The molecule has 2 N–H and O–H groups in total. The molecule has 1 heterocycles. The van der Waals surface area contributed by atoms with Crippen LogP contribution in [0.5, 0.6) is 11.5 Å². The molecule has 0 bridgehead atoms. The highest BCUT2D eigenvalue weighted by atomic mass is 35.5. The molecule has 0 spiro atoms. The summed E-state index contributed by atoms with van der Waals surface area (Å²) >= 11 is 6.15. The Morgan fingerprint density at radius 1 is 0.923 bits per heavy atom. The molecule has 1 aromatic heterocycles. The van der Waals surface area contributed by atoms with Crippen molar-refractivity contribution in [1.82, 2.24) is 9.97 Å². The Morgan fingerprint density at radius 3 is 2.42 bits per heavy atom. The van der Waals surface area contributed by atoms with Gasteiger partial charge in [-0.3, -0.25) is 0 Å². The van der Waals surface area contributed by atoms with Gasteiger partial charge in [-0.05, 0) is 24.6 Å². The van der Waals surface area contributed by atoms with Gasteiger partial charge in [0.15, 0.2) is 0 Å². The summed E-state index contributed by atoms with van der Waals surface area (Å²) in [6.07, 6.45) is 1.68. The molecule has 3 rings (SSSR count). The summed E-state index contributed by atoms with van der Waals surface area (Å²) in [4.78, 5) is 8.76. The fourth-order valence-electron chi connectivity index (χ4n) is 2.42. The summed E-state index contributed by atoms with van der Waals surface area (Å²) in [7, 11) is 3.14. The Hall–Kier alpha value is -2.99. The molecular formula is C19H19ClN4O2. The number of aryl methyl sites for hydroxylation is 1. The first-order valence-corrected chi connectivity index (χ1v) is 8.32. The normalized spacial score (nSPS) is 10.3. The number of aromatic nitrogens is 2. The van der Waals surface area contributed by atoms with Crippen molar-refractivity contribution in [2.75, 3.05) is 24.9 Å². The van der Waals surface area contributed by atoms with E-state index in [1.165, 1.54) is 0 Å². The van der Waals surface area contributed by atoms with E-state index in [0.717, 1.165) is 11.3 Å². The van der Waals surface area contributed by atoms with Crippen molar-refractivity contribution >= 4 is 34.7 Å². The van der Waals surface area contributed by atoms with Crippen LogP contribution in [0.1, 0.15) is 5.56 Å². The van der Waals surface area contributed by atoms with Crippen LogP contribution in [0.2, 0.25) is 5.02 Å². The van der Waals surface area contributed by atoms with Gasteiger partial charge in [0.05, 0.1) is 24.9 Å². The van der Waals surface area contributed by atoms with Crippen LogP contribution >= 0.6 is 11.6 Å². The van der Waals surface area contributed by atoms with Crippen LogP contribution in [0.4, 0.5) is 23.1 Å². The number of para-hydroxylation sites is 1. The predicted octanol–water partition coefficient (Wildman–Crippen LogP) is 4.94. The topological polar surface area (TPSA) is 68.3 Å². The van der Waals surface area contributed by atoms with E-state index < -0.39 is 0 Å². The molecule has 2 aromatic carbocycles. The van der Waals surface area contributed by atoms with E-state index in [-0.39, 0.29) is 0 Å². The highest BCUT2D eigenvalue weighted by Gasteiger charge is 2.11. The second-order valence-electron chi connectivity index (χ2n) is 5.52. The van der Waals surface area contributed by atoms with Gasteiger partial charge in [0.2, 0.25) is 5.95 Å². The summed E-state index contributed by atoms with van der Waals surface area (Å²) in [6.45, 7) is 2.02. The number of rotatable bonds is 6. The number of hydrogen-bond donors (Lipinski definition) is 2. The van der Waals surface area contributed by atoms with Gasteiger partial charge in [-0.2, -0.15) is 4.98 Å². The van der Waals surface area contributed by atoms with Crippen LogP contribution in [0.25, 0.3) is 0 Å². The number of hydrogen-bond acceptors (Lipinski definition) is 6. The van der Waals surface area contributed by atoms with Crippen molar-refractivity contribution in [2.24, 2.45) is 0 Å². The Morgan fingerprint density at radius 2 is 1.69 bits per heavy atom. The first-order chi connectivity index (χ1) is 12.6. The average molecular weight is 371 g/mol. The highest BCUT2D eigenvalue weighted by Crippen LogP contribution is 2.37. The molecule has 0 aliphatic rings. The Balaban J connectivity index is 1.86. The molecule has 0 atom stereocenters. The monoisotopic (exact) mass is 370 g/mol. The number of ether oxygens (including phenoxy) is 2. The third kappa shape index (κ3) is 3.97. The molecule has 6 nitrogen and oxygen atoms in total. The van der Waals surface area contributed by atoms with Crippen LogP contribution in [-0.2, 0) is 0 Å². The van der Waals surface area contributed by atoms with E-state index in [9.17, 15) is 0 Å². The van der Waals surface area contributed by atoms with E-state index in [4.69, 9.17) is 21.1 Å². The maximum Gasteiger partial charge on any atom is 0.229 e. The lowest BCUT2D eigenvalue weighted by Gasteiger charge is -2.14. The molecule has 134 valence electrons. The third-order valence-electron chi connectivity index (χ3n) is 3.78. The Kier molecular flexibility index (Phi) is 5.43. The lowest BCUT2D eigenvalue weighted by Crippen LogP contribution is -2.02. The predicted molar refractivity (Wildman–Crippen MR) is 104 cm³/mol.